The lowest BCUT2D eigenvalue weighted by Crippen LogP contribution is -2.39. The number of nitrogens with one attached hydrogen (secondary N) is 1. The lowest BCUT2D eigenvalue weighted by molar-refractivity contribution is -0.134. The summed E-state index contributed by atoms with van der Waals surface area (Å²) in [4.78, 5) is 37.2. The van der Waals surface area contributed by atoms with Crippen LogP contribution in [0.25, 0.3) is 0 Å². The molecule has 6 nitrogen and oxygen atoms in total. The van der Waals surface area contributed by atoms with E-state index in [0.29, 0.717) is 25.9 Å². The van der Waals surface area contributed by atoms with E-state index in [9.17, 15) is 14.4 Å². The molecule has 1 unspecified atom stereocenters. The van der Waals surface area contributed by atoms with E-state index >= 15 is 0 Å². The van der Waals surface area contributed by atoms with E-state index in [1.807, 2.05) is 39.0 Å². The lowest BCUT2D eigenvalue weighted by Gasteiger charge is -2.24. The molecule has 2 aliphatic rings. The third-order valence-corrected chi connectivity index (χ3v) is 4.25. The van der Waals surface area contributed by atoms with Crippen molar-refractivity contribution in [3.05, 3.63) is 34.9 Å². The number of rotatable bonds is 1. The molecule has 3 rings (SSSR count). The quantitative estimate of drug-likeness (QED) is 0.803. The van der Waals surface area contributed by atoms with Crippen LogP contribution in [0, 0.1) is 0 Å². The number of carbonyl (C=O) groups is 3. The van der Waals surface area contributed by atoms with Gasteiger partial charge in [0.1, 0.15) is 5.60 Å². The molecule has 1 aromatic rings. The molecule has 128 valence electrons. The number of hydrogen-bond acceptors (Lipinski definition) is 4. The first-order valence-electron chi connectivity index (χ1n) is 8.16. The van der Waals surface area contributed by atoms with Crippen molar-refractivity contribution in [2.75, 3.05) is 0 Å². The zero-order chi connectivity index (χ0) is 17.5. The van der Waals surface area contributed by atoms with Crippen LogP contribution in [0.1, 0.15) is 56.2 Å². The molecular weight excluding hydrogens is 308 g/mol. The van der Waals surface area contributed by atoms with Crippen molar-refractivity contribution in [2.24, 2.45) is 0 Å². The maximum Gasteiger partial charge on any atom is 0.410 e. The first-order chi connectivity index (χ1) is 11.2. The molecule has 0 saturated carbocycles. The number of imide groups is 1. The maximum absolute atomic E-state index is 12.2. The van der Waals surface area contributed by atoms with Gasteiger partial charge in [-0.05, 0) is 43.9 Å². The van der Waals surface area contributed by atoms with E-state index in [4.69, 9.17) is 4.74 Å². The molecule has 24 heavy (non-hydrogen) atoms. The average Bonchev–Trinajstić information content (AvgIpc) is 2.88. The molecule has 2 aliphatic heterocycles. The van der Waals surface area contributed by atoms with Gasteiger partial charge in [-0.3, -0.25) is 19.8 Å². The second-order valence-corrected chi connectivity index (χ2v) is 7.37. The highest BCUT2D eigenvalue weighted by Crippen LogP contribution is 2.31. The van der Waals surface area contributed by atoms with Crippen molar-refractivity contribution in [1.29, 1.82) is 0 Å². The summed E-state index contributed by atoms with van der Waals surface area (Å²) in [5, 5.41) is 2.39. The Kier molecular flexibility index (Phi) is 4.07. The first kappa shape index (κ1) is 16.5. The number of fused-ring (bicyclic) bond motifs is 1. The second kappa shape index (κ2) is 5.92. The molecule has 1 N–H and O–H groups in total. The molecule has 2 heterocycles. The van der Waals surface area contributed by atoms with Gasteiger partial charge in [-0.25, -0.2) is 4.79 Å². The Bertz CT molecular complexity index is 705. The summed E-state index contributed by atoms with van der Waals surface area (Å²) in [6, 6.07) is 5.84. The number of hydrogen-bond donors (Lipinski definition) is 1. The molecule has 0 aromatic heterocycles. The molecule has 3 amide bonds. The van der Waals surface area contributed by atoms with Crippen molar-refractivity contribution in [3.8, 4) is 0 Å². The van der Waals surface area contributed by atoms with E-state index in [2.05, 4.69) is 5.32 Å². The number of benzene rings is 1. The van der Waals surface area contributed by atoms with E-state index in [0.717, 1.165) is 16.7 Å². The minimum atomic E-state index is -0.524. The van der Waals surface area contributed by atoms with Crippen LogP contribution in [0.5, 0.6) is 0 Å². The summed E-state index contributed by atoms with van der Waals surface area (Å²) < 4.78 is 5.41. The fourth-order valence-corrected chi connectivity index (χ4v) is 3.10. The fourth-order valence-electron chi connectivity index (χ4n) is 3.10. The predicted octanol–water partition coefficient (Wildman–Crippen LogP) is 2.46. The molecule has 1 saturated heterocycles. The van der Waals surface area contributed by atoms with Gasteiger partial charge in [-0.1, -0.05) is 18.2 Å². The largest absolute Gasteiger partial charge is 0.444 e. The van der Waals surface area contributed by atoms with E-state index in [-0.39, 0.29) is 23.8 Å². The van der Waals surface area contributed by atoms with Crippen molar-refractivity contribution >= 4 is 17.9 Å². The van der Waals surface area contributed by atoms with E-state index < -0.39 is 5.60 Å². The SMILES string of the molecule is CC(C)(C)OC(=O)N1Cc2ccc(C3CCC(=O)NC3=O)cc2C1. The summed E-state index contributed by atoms with van der Waals surface area (Å²) >= 11 is 0. The van der Waals surface area contributed by atoms with Crippen LogP contribution in [0.4, 0.5) is 4.79 Å². The van der Waals surface area contributed by atoms with Gasteiger partial charge < -0.3 is 4.74 Å². The second-order valence-electron chi connectivity index (χ2n) is 7.37. The summed E-state index contributed by atoms with van der Waals surface area (Å²) in [6.07, 6.45) is 0.554. The molecule has 1 atom stereocenters. The number of carbonyl (C=O) groups excluding carboxylic acids is 3. The van der Waals surface area contributed by atoms with Crippen molar-refractivity contribution in [1.82, 2.24) is 10.2 Å². The Morgan fingerprint density at radius 2 is 1.92 bits per heavy atom. The first-order valence-corrected chi connectivity index (χ1v) is 8.16. The predicted molar refractivity (Wildman–Crippen MR) is 87.0 cm³/mol. The van der Waals surface area contributed by atoms with Gasteiger partial charge in [0.2, 0.25) is 11.8 Å². The monoisotopic (exact) mass is 330 g/mol. The Morgan fingerprint density at radius 1 is 1.21 bits per heavy atom. The van der Waals surface area contributed by atoms with Gasteiger partial charge >= 0.3 is 6.09 Å². The van der Waals surface area contributed by atoms with Crippen LogP contribution >= 0.6 is 0 Å². The zero-order valence-corrected chi connectivity index (χ0v) is 14.2. The molecule has 0 radical (unpaired) electrons. The highest BCUT2D eigenvalue weighted by molar-refractivity contribution is 6.00. The smallest absolute Gasteiger partial charge is 0.410 e. The number of amides is 3. The van der Waals surface area contributed by atoms with Crippen LogP contribution in [0.15, 0.2) is 18.2 Å². The van der Waals surface area contributed by atoms with Crippen molar-refractivity contribution in [3.63, 3.8) is 0 Å². The van der Waals surface area contributed by atoms with E-state index in [1.165, 1.54) is 0 Å². The Labute approximate surface area is 141 Å². The number of piperidine rings is 1. The minimum Gasteiger partial charge on any atom is -0.444 e. The Morgan fingerprint density at radius 3 is 2.58 bits per heavy atom. The normalized spacial score (nSPS) is 20.6. The topological polar surface area (TPSA) is 75.7 Å². The third kappa shape index (κ3) is 3.42. The van der Waals surface area contributed by atoms with Crippen LogP contribution < -0.4 is 5.32 Å². The highest BCUT2D eigenvalue weighted by Gasteiger charge is 2.31. The Balaban J connectivity index is 1.73. The Hall–Kier alpha value is -2.37. The molecule has 1 fully saturated rings. The summed E-state index contributed by atoms with van der Waals surface area (Å²) in [5.74, 6) is -0.759. The van der Waals surface area contributed by atoms with Crippen LogP contribution in [0.3, 0.4) is 0 Å². The fraction of sp³-hybridized carbons (Fsp3) is 0.500. The van der Waals surface area contributed by atoms with Gasteiger partial charge in [-0.15, -0.1) is 0 Å². The maximum atomic E-state index is 12.2. The third-order valence-electron chi connectivity index (χ3n) is 4.25. The molecule has 6 heteroatoms. The molecule has 1 aromatic carbocycles. The van der Waals surface area contributed by atoms with Gasteiger partial charge in [-0.2, -0.15) is 0 Å². The average molecular weight is 330 g/mol. The van der Waals surface area contributed by atoms with Gasteiger partial charge in [0.25, 0.3) is 0 Å². The van der Waals surface area contributed by atoms with Crippen LogP contribution in [-0.2, 0) is 27.4 Å². The van der Waals surface area contributed by atoms with Gasteiger partial charge in [0.15, 0.2) is 0 Å². The summed E-state index contributed by atoms with van der Waals surface area (Å²) in [6.45, 7) is 6.52. The van der Waals surface area contributed by atoms with Gasteiger partial charge in [0, 0.05) is 19.5 Å². The molecule has 0 spiro atoms. The van der Waals surface area contributed by atoms with Crippen LogP contribution in [0.2, 0.25) is 0 Å². The van der Waals surface area contributed by atoms with Crippen molar-refractivity contribution in [2.45, 2.75) is 58.2 Å². The number of nitrogens with zero attached hydrogens (tertiary/aromatic N) is 1. The molecular formula is C18H22N2O4. The zero-order valence-electron chi connectivity index (χ0n) is 14.2. The van der Waals surface area contributed by atoms with Gasteiger partial charge in [0.05, 0.1) is 5.92 Å². The minimum absolute atomic E-state index is 0.214. The molecule has 0 aliphatic carbocycles. The summed E-state index contributed by atoms with van der Waals surface area (Å²) in [7, 11) is 0. The standard InChI is InChI=1S/C18H22N2O4/c1-18(2,3)24-17(23)20-9-12-5-4-11(8-13(12)10-20)14-6-7-15(21)19-16(14)22/h4-5,8,14H,6-7,9-10H2,1-3H3,(H,19,21,22). The number of ether oxygens (including phenoxy) is 1. The highest BCUT2D eigenvalue weighted by atomic mass is 16.6. The van der Waals surface area contributed by atoms with E-state index in [1.54, 1.807) is 4.90 Å². The van der Waals surface area contributed by atoms with Crippen LogP contribution in [-0.4, -0.2) is 28.4 Å². The van der Waals surface area contributed by atoms with Crippen molar-refractivity contribution < 1.29 is 19.1 Å². The lowest BCUT2D eigenvalue weighted by atomic mass is 9.89. The molecule has 0 bridgehead atoms. The summed E-state index contributed by atoms with van der Waals surface area (Å²) in [5.41, 5.74) is 2.47.